The lowest BCUT2D eigenvalue weighted by Crippen LogP contribution is -2.49. The number of anilines is 1. The SMILES string of the molecule is O=C(Nc1ccccc1F)N1[C@@H]2CC[C@H]1CC(CO)C2. The summed E-state index contributed by atoms with van der Waals surface area (Å²) in [6.45, 7) is 0.190. The van der Waals surface area contributed by atoms with E-state index in [1.807, 2.05) is 4.90 Å². The number of carbonyl (C=O) groups excluding carboxylic acids is 1. The minimum Gasteiger partial charge on any atom is -0.396 e. The fourth-order valence-electron chi connectivity index (χ4n) is 3.51. The molecule has 2 bridgehead atoms. The van der Waals surface area contributed by atoms with E-state index in [0.717, 1.165) is 25.7 Å². The lowest BCUT2D eigenvalue weighted by atomic mass is 9.92. The van der Waals surface area contributed by atoms with Crippen LogP contribution in [0.1, 0.15) is 25.7 Å². The van der Waals surface area contributed by atoms with Gasteiger partial charge in [0.05, 0.1) is 5.69 Å². The van der Waals surface area contributed by atoms with Crippen LogP contribution in [0.15, 0.2) is 24.3 Å². The normalized spacial score (nSPS) is 28.5. The first-order chi connectivity index (χ1) is 9.69. The topological polar surface area (TPSA) is 52.6 Å². The van der Waals surface area contributed by atoms with E-state index in [4.69, 9.17) is 0 Å². The molecule has 0 spiro atoms. The van der Waals surface area contributed by atoms with Crippen molar-refractivity contribution < 1.29 is 14.3 Å². The van der Waals surface area contributed by atoms with Gasteiger partial charge in [-0.25, -0.2) is 9.18 Å². The maximum atomic E-state index is 13.6. The minimum absolute atomic E-state index is 0.178. The second kappa shape index (κ2) is 5.40. The number of piperidine rings is 1. The van der Waals surface area contributed by atoms with Crippen molar-refractivity contribution in [1.29, 1.82) is 0 Å². The molecule has 2 aliphatic heterocycles. The van der Waals surface area contributed by atoms with Crippen LogP contribution in [0.5, 0.6) is 0 Å². The number of aliphatic hydroxyl groups excluding tert-OH is 1. The molecule has 2 amide bonds. The van der Waals surface area contributed by atoms with Crippen molar-refractivity contribution in [3.8, 4) is 0 Å². The molecule has 0 radical (unpaired) electrons. The lowest BCUT2D eigenvalue weighted by Gasteiger charge is -2.38. The summed E-state index contributed by atoms with van der Waals surface area (Å²) < 4.78 is 13.6. The van der Waals surface area contributed by atoms with Crippen LogP contribution in [0.3, 0.4) is 0 Å². The molecule has 1 aromatic carbocycles. The molecule has 0 saturated carbocycles. The van der Waals surface area contributed by atoms with Crippen LogP contribution in [-0.4, -0.2) is 34.7 Å². The van der Waals surface area contributed by atoms with Crippen LogP contribution in [0.4, 0.5) is 14.9 Å². The van der Waals surface area contributed by atoms with Crippen molar-refractivity contribution in [3.63, 3.8) is 0 Å². The molecule has 2 saturated heterocycles. The summed E-state index contributed by atoms with van der Waals surface area (Å²) in [4.78, 5) is 14.2. The molecule has 0 aliphatic carbocycles. The zero-order chi connectivity index (χ0) is 14.1. The molecule has 2 fully saturated rings. The molecule has 4 nitrogen and oxygen atoms in total. The minimum atomic E-state index is -0.418. The molecule has 3 atom stereocenters. The first-order valence-electron chi connectivity index (χ1n) is 7.13. The van der Waals surface area contributed by atoms with Gasteiger partial charge in [0.15, 0.2) is 0 Å². The Morgan fingerprint density at radius 1 is 1.30 bits per heavy atom. The van der Waals surface area contributed by atoms with E-state index < -0.39 is 5.82 Å². The quantitative estimate of drug-likeness (QED) is 0.873. The summed E-state index contributed by atoms with van der Waals surface area (Å²) >= 11 is 0. The molecule has 20 heavy (non-hydrogen) atoms. The summed E-state index contributed by atoms with van der Waals surface area (Å²) in [6.07, 6.45) is 3.65. The smallest absolute Gasteiger partial charge is 0.322 e. The molecule has 1 aromatic rings. The third kappa shape index (κ3) is 2.38. The molecule has 1 unspecified atom stereocenters. The summed E-state index contributed by atoms with van der Waals surface area (Å²) in [5, 5.41) is 11.9. The number of rotatable bonds is 2. The third-order valence-corrected chi connectivity index (χ3v) is 4.44. The van der Waals surface area contributed by atoms with Crippen LogP contribution in [-0.2, 0) is 0 Å². The highest BCUT2D eigenvalue weighted by molar-refractivity contribution is 5.90. The number of fused-ring (bicyclic) bond motifs is 2. The first-order valence-corrected chi connectivity index (χ1v) is 7.13. The number of halogens is 1. The van der Waals surface area contributed by atoms with Crippen molar-refractivity contribution >= 4 is 11.7 Å². The van der Waals surface area contributed by atoms with Gasteiger partial charge in [0, 0.05) is 18.7 Å². The van der Waals surface area contributed by atoms with E-state index in [0.29, 0.717) is 5.92 Å². The van der Waals surface area contributed by atoms with Crippen LogP contribution in [0.25, 0.3) is 0 Å². The largest absolute Gasteiger partial charge is 0.396 e. The summed E-state index contributed by atoms with van der Waals surface area (Å²) in [5.41, 5.74) is 0.223. The van der Waals surface area contributed by atoms with Gasteiger partial charge in [-0.2, -0.15) is 0 Å². The van der Waals surface area contributed by atoms with Crippen molar-refractivity contribution in [2.24, 2.45) is 5.92 Å². The Morgan fingerprint density at radius 3 is 2.55 bits per heavy atom. The fourth-order valence-corrected chi connectivity index (χ4v) is 3.51. The van der Waals surface area contributed by atoms with Gasteiger partial charge in [-0.3, -0.25) is 0 Å². The van der Waals surface area contributed by atoms with Gasteiger partial charge < -0.3 is 15.3 Å². The maximum Gasteiger partial charge on any atom is 0.322 e. The molecular formula is C15H19FN2O2. The van der Waals surface area contributed by atoms with E-state index in [1.165, 1.54) is 6.07 Å². The third-order valence-electron chi connectivity index (χ3n) is 4.44. The van der Waals surface area contributed by atoms with E-state index in [-0.39, 0.29) is 30.4 Å². The second-order valence-electron chi connectivity index (χ2n) is 5.72. The monoisotopic (exact) mass is 278 g/mol. The highest BCUT2D eigenvalue weighted by Crippen LogP contribution is 2.38. The van der Waals surface area contributed by atoms with Crippen molar-refractivity contribution in [2.75, 3.05) is 11.9 Å². The average Bonchev–Trinajstić information content (AvgIpc) is 2.72. The van der Waals surface area contributed by atoms with Gasteiger partial charge in [-0.15, -0.1) is 0 Å². The predicted molar refractivity (Wildman–Crippen MR) is 73.9 cm³/mol. The Labute approximate surface area is 117 Å². The Hall–Kier alpha value is -1.62. The summed E-state index contributed by atoms with van der Waals surface area (Å²) in [6, 6.07) is 6.33. The van der Waals surface area contributed by atoms with Gasteiger partial charge in [-0.1, -0.05) is 12.1 Å². The molecule has 2 heterocycles. The molecule has 108 valence electrons. The maximum absolute atomic E-state index is 13.6. The number of amides is 2. The number of hydrogen-bond donors (Lipinski definition) is 2. The zero-order valence-electron chi connectivity index (χ0n) is 11.3. The molecule has 0 aromatic heterocycles. The van der Waals surface area contributed by atoms with Gasteiger partial charge in [0.2, 0.25) is 0 Å². The van der Waals surface area contributed by atoms with E-state index in [1.54, 1.807) is 18.2 Å². The summed E-state index contributed by atoms with van der Waals surface area (Å²) in [5.74, 6) is -0.122. The Balaban J connectivity index is 1.71. The predicted octanol–water partition coefficient (Wildman–Crippen LogP) is 2.59. The number of benzene rings is 1. The lowest BCUT2D eigenvalue weighted by molar-refractivity contribution is 0.0989. The Kier molecular flexibility index (Phi) is 3.61. The van der Waals surface area contributed by atoms with Crippen LogP contribution in [0.2, 0.25) is 0 Å². The van der Waals surface area contributed by atoms with E-state index in [9.17, 15) is 14.3 Å². The first kappa shape index (κ1) is 13.4. The average molecular weight is 278 g/mol. The Morgan fingerprint density at radius 2 is 1.95 bits per heavy atom. The van der Waals surface area contributed by atoms with Gasteiger partial charge in [-0.05, 0) is 43.7 Å². The Bertz CT molecular complexity index is 494. The number of nitrogens with zero attached hydrogens (tertiary/aromatic N) is 1. The highest BCUT2D eigenvalue weighted by atomic mass is 19.1. The highest BCUT2D eigenvalue weighted by Gasteiger charge is 2.43. The van der Waals surface area contributed by atoms with E-state index >= 15 is 0 Å². The summed E-state index contributed by atoms with van der Waals surface area (Å²) in [7, 11) is 0. The number of carbonyl (C=O) groups is 1. The van der Waals surface area contributed by atoms with Gasteiger partial charge >= 0.3 is 6.03 Å². The number of urea groups is 1. The van der Waals surface area contributed by atoms with Crippen molar-refractivity contribution in [2.45, 2.75) is 37.8 Å². The van der Waals surface area contributed by atoms with Crippen LogP contribution < -0.4 is 5.32 Å². The zero-order valence-corrected chi connectivity index (χ0v) is 11.3. The van der Waals surface area contributed by atoms with Crippen molar-refractivity contribution in [1.82, 2.24) is 4.90 Å². The number of nitrogens with one attached hydrogen (secondary N) is 1. The number of para-hydroxylation sites is 1. The second-order valence-corrected chi connectivity index (χ2v) is 5.72. The standard InChI is InChI=1S/C15H19FN2O2/c16-13-3-1-2-4-14(13)17-15(20)18-11-5-6-12(18)8-10(7-11)9-19/h1-4,10-12,19H,5-9H2,(H,17,20)/t10?,11-,12+. The fraction of sp³-hybridized carbons (Fsp3) is 0.533. The molecular weight excluding hydrogens is 259 g/mol. The van der Waals surface area contributed by atoms with Crippen molar-refractivity contribution in [3.05, 3.63) is 30.1 Å². The van der Waals surface area contributed by atoms with Gasteiger partial charge in [0.1, 0.15) is 5.82 Å². The molecule has 5 heteroatoms. The van der Waals surface area contributed by atoms with Gasteiger partial charge in [0.25, 0.3) is 0 Å². The molecule has 2 N–H and O–H groups in total. The number of aliphatic hydroxyl groups is 1. The van der Waals surface area contributed by atoms with E-state index in [2.05, 4.69) is 5.32 Å². The molecule has 2 aliphatic rings. The van der Waals surface area contributed by atoms with Crippen LogP contribution in [0, 0.1) is 11.7 Å². The van der Waals surface area contributed by atoms with Crippen LogP contribution >= 0.6 is 0 Å². The molecule has 3 rings (SSSR count). The number of hydrogen-bond acceptors (Lipinski definition) is 2.